The SMILES string of the molecule is NCCCCO[C]=O. The number of unbranched alkanes of at least 4 members (excludes halogenated alkanes) is 1. The van der Waals surface area contributed by atoms with Gasteiger partial charge in [-0.3, -0.25) is 0 Å². The highest BCUT2D eigenvalue weighted by atomic mass is 16.5. The van der Waals surface area contributed by atoms with E-state index < -0.39 is 0 Å². The van der Waals surface area contributed by atoms with Gasteiger partial charge in [0.2, 0.25) is 0 Å². The van der Waals surface area contributed by atoms with Gasteiger partial charge in [-0.25, -0.2) is 4.79 Å². The maximum atomic E-state index is 9.39. The van der Waals surface area contributed by atoms with Gasteiger partial charge in [0.15, 0.2) is 0 Å². The Bertz CT molecular complexity index is 56.4. The molecule has 0 atom stereocenters. The average Bonchev–Trinajstić information content (AvgIpc) is 1.81. The molecule has 0 aromatic carbocycles. The first-order chi connectivity index (χ1) is 3.91. The fraction of sp³-hybridized carbons (Fsp3) is 0.800. The lowest BCUT2D eigenvalue weighted by molar-refractivity contribution is 0.271. The Morgan fingerprint density at radius 1 is 1.50 bits per heavy atom. The van der Waals surface area contributed by atoms with Crippen molar-refractivity contribution in [3.8, 4) is 0 Å². The van der Waals surface area contributed by atoms with Crippen molar-refractivity contribution in [3.63, 3.8) is 0 Å². The van der Waals surface area contributed by atoms with E-state index in [0.29, 0.717) is 13.2 Å². The molecule has 1 radical (unpaired) electrons. The van der Waals surface area contributed by atoms with Crippen LogP contribution in [0.5, 0.6) is 0 Å². The largest absolute Gasteiger partial charge is 0.457 e. The molecule has 0 saturated carbocycles. The monoisotopic (exact) mass is 116 g/mol. The predicted molar refractivity (Wildman–Crippen MR) is 29.9 cm³/mol. The molecule has 0 bridgehead atoms. The van der Waals surface area contributed by atoms with E-state index in [0.717, 1.165) is 12.8 Å². The van der Waals surface area contributed by atoms with Crippen molar-refractivity contribution in [3.05, 3.63) is 0 Å². The molecular weight excluding hydrogens is 106 g/mol. The van der Waals surface area contributed by atoms with E-state index in [1.54, 1.807) is 0 Å². The summed E-state index contributed by atoms with van der Waals surface area (Å²) < 4.78 is 4.27. The van der Waals surface area contributed by atoms with Crippen molar-refractivity contribution in [1.82, 2.24) is 0 Å². The van der Waals surface area contributed by atoms with Gasteiger partial charge in [0, 0.05) is 0 Å². The summed E-state index contributed by atoms with van der Waals surface area (Å²) >= 11 is 0. The summed E-state index contributed by atoms with van der Waals surface area (Å²) in [4.78, 5) is 9.39. The fourth-order valence-electron chi connectivity index (χ4n) is 0.360. The summed E-state index contributed by atoms with van der Waals surface area (Å²) in [6.07, 6.45) is 1.74. The van der Waals surface area contributed by atoms with Crippen LogP contribution in [0.4, 0.5) is 0 Å². The maximum Gasteiger partial charge on any atom is 0.417 e. The Hall–Kier alpha value is -0.570. The van der Waals surface area contributed by atoms with Gasteiger partial charge in [-0.1, -0.05) is 0 Å². The van der Waals surface area contributed by atoms with Crippen LogP contribution < -0.4 is 5.73 Å². The van der Waals surface area contributed by atoms with E-state index >= 15 is 0 Å². The van der Waals surface area contributed by atoms with Gasteiger partial charge >= 0.3 is 6.47 Å². The molecular formula is C5H10NO2. The second-order valence-corrected chi connectivity index (χ2v) is 1.43. The van der Waals surface area contributed by atoms with Gasteiger partial charge in [0.1, 0.15) is 0 Å². The molecule has 3 nitrogen and oxygen atoms in total. The van der Waals surface area contributed by atoms with Gasteiger partial charge in [-0.15, -0.1) is 0 Å². The Kier molecular flexibility index (Phi) is 5.97. The lowest BCUT2D eigenvalue weighted by atomic mass is 10.3. The van der Waals surface area contributed by atoms with Crippen LogP contribution in [0.1, 0.15) is 12.8 Å². The topological polar surface area (TPSA) is 52.3 Å². The second kappa shape index (κ2) is 6.43. The molecule has 0 aliphatic heterocycles. The standard InChI is InChI=1S/C5H10NO2/c6-3-1-2-4-8-5-7/h1-4,6H2. The molecule has 0 amide bonds. The van der Waals surface area contributed by atoms with Crippen LogP contribution in [0.25, 0.3) is 0 Å². The molecule has 0 heterocycles. The van der Waals surface area contributed by atoms with Crippen LogP contribution in [-0.4, -0.2) is 19.6 Å². The summed E-state index contributed by atoms with van der Waals surface area (Å²) in [5.74, 6) is 0. The van der Waals surface area contributed by atoms with E-state index in [1.165, 1.54) is 6.47 Å². The minimum Gasteiger partial charge on any atom is -0.457 e. The Morgan fingerprint density at radius 2 is 2.25 bits per heavy atom. The predicted octanol–water partition coefficient (Wildman–Crippen LogP) is -0.191. The van der Waals surface area contributed by atoms with Crippen molar-refractivity contribution in [2.24, 2.45) is 5.73 Å². The van der Waals surface area contributed by atoms with Crippen LogP contribution >= 0.6 is 0 Å². The van der Waals surface area contributed by atoms with E-state index in [9.17, 15) is 4.79 Å². The first kappa shape index (κ1) is 7.43. The molecule has 0 rings (SSSR count). The Balaban J connectivity index is 2.62. The molecule has 47 valence electrons. The molecule has 8 heavy (non-hydrogen) atoms. The molecule has 0 unspecified atom stereocenters. The zero-order valence-electron chi connectivity index (χ0n) is 4.72. The van der Waals surface area contributed by atoms with Crippen LogP contribution in [-0.2, 0) is 9.53 Å². The Labute approximate surface area is 48.8 Å². The summed E-state index contributed by atoms with van der Waals surface area (Å²) in [7, 11) is 0. The first-order valence-corrected chi connectivity index (χ1v) is 2.61. The lowest BCUT2D eigenvalue weighted by Crippen LogP contribution is -2.00. The molecule has 0 spiro atoms. The highest BCUT2D eigenvalue weighted by Crippen LogP contribution is 1.83. The molecule has 0 saturated heterocycles. The quantitative estimate of drug-likeness (QED) is 0.506. The van der Waals surface area contributed by atoms with Gasteiger partial charge < -0.3 is 10.5 Å². The number of rotatable bonds is 5. The average molecular weight is 116 g/mol. The highest BCUT2D eigenvalue weighted by Gasteiger charge is 1.83. The number of carbonyl (C=O) groups excluding carboxylic acids is 1. The molecule has 0 aromatic rings. The summed E-state index contributed by atoms with van der Waals surface area (Å²) in [6.45, 7) is 2.44. The molecule has 0 aliphatic rings. The minimum absolute atomic E-state index is 0.445. The lowest BCUT2D eigenvalue weighted by Gasteiger charge is -1.92. The van der Waals surface area contributed by atoms with Crippen molar-refractivity contribution < 1.29 is 9.53 Å². The van der Waals surface area contributed by atoms with Crippen LogP contribution in [0.2, 0.25) is 0 Å². The van der Waals surface area contributed by atoms with Gasteiger partial charge in [0.05, 0.1) is 6.61 Å². The van der Waals surface area contributed by atoms with Crippen molar-refractivity contribution in [2.45, 2.75) is 12.8 Å². The first-order valence-electron chi connectivity index (χ1n) is 2.61. The molecule has 2 N–H and O–H groups in total. The van der Waals surface area contributed by atoms with Crippen molar-refractivity contribution >= 4 is 6.47 Å². The third kappa shape index (κ3) is 5.43. The second-order valence-electron chi connectivity index (χ2n) is 1.43. The van der Waals surface area contributed by atoms with Crippen LogP contribution in [0, 0.1) is 0 Å². The van der Waals surface area contributed by atoms with E-state index in [-0.39, 0.29) is 0 Å². The zero-order chi connectivity index (χ0) is 6.24. The smallest absolute Gasteiger partial charge is 0.417 e. The summed E-state index contributed by atoms with van der Waals surface area (Å²) in [6, 6.07) is 0. The van der Waals surface area contributed by atoms with Crippen LogP contribution in [0.15, 0.2) is 0 Å². The summed E-state index contributed by atoms with van der Waals surface area (Å²) in [5, 5.41) is 0. The molecule has 0 aliphatic carbocycles. The number of ether oxygens (including phenoxy) is 1. The highest BCUT2D eigenvalue weighted by molar-refractivity contribution is 5.37. The zero-order valence-corrected chi connectivity index (χ0v) is 4.72. The van der Waals surface area contributed by atoms with Gasteiger partial charge in [-0.2, -0.15) is 0 Å². The fourth-order valence-corrected chi connectivity index (χ4v) is 0.360. The van der Waals surface area contributed by atoms with Crippen molar-refractivity contribution in [2.75, 3.05) is 13.2 Å². The third-order valence-corrected chi connectivity index (χ3v) is 0.759. The van der Waals surface area contributed by atoms with Crippen LogP contribution in [0.3, 0.4) is 0 Å². The van der Waals surface area contributed by atoms with E-state index in [4.69, 9.17) is 5.73 Å². The van der Waals surface area contributed by atoms with Gasteiger partial charge in [0.25, 0.3) is 0 Å². The molecule has 0 aromatic heterocycles. The van der Waals surface area contributed by atoms with Crippen molar-refractivity contribution in [1.29, 1.82) is 0 Å². The number of nitrogens with two attached hydrogens (primary N) is 1. The number of hydrogen-bond acceptors (Lipinski definition) is 3. The summed E-state index contributed by atoms with van der Waals surface area (Å²) in [5.41, 5.74) is 5.16. The number of hydrogen-bond donors (Lipinski definition) is 1. The molecule has 0 fully saturated rings. The van der Waals surface area contributed by atoms with E-state index in [1.807, 2.05) is 0 Å². The third-order valence-electron chi connectivity index (χ3n) is 0.759. The normalized spacial score (nSPS) is 8.62. The van der Waals surface area contributed by atoms with E-state index in [2.05, 4.69) is 4.74 Å². The maximum absolute atomic E-state index is 9.39. The van der Waals surface area contributed by atoms with Gasteiger partial charge in [-0.05, 0) is 19.4 Å². The Morgan fingerprint density at radius 3 is 2.75 bits per heavy atom. The molecule has 3 heteroatoms. The minimum atomic E-state index is 0.445.